The van der Waals surface area contributed by atoms with Gasteiger partial charge in [0.2, 0.25) is 4.45 Å². The molecule has 0 bridgehead atoms. The van der Waals surface area contributed by atoms with Crippen molar-refractivity contribution in [2.24, 2.45) is 0 Å². The summed E-state index contributed by atoms with van der Waals surface area (Å²) < 4.78 is 0.557. The van der Waals surface area contributed by atoms with Gasteiger partial charge in [-0.25, -0.2) is 0 Å². The maximum absolute atomic E-state index is 10.0. The summed E-state index contributed by atoms with van der Waals surface area (Å²) in [6.45, 7) is 0. The molecule has 1 rings (SSSR count). The zero-order chi connectivity index (χ0) is 4.57. The molecule has 0 aromatic heterocycles. The van der Waals surface area contributed by atoms with Crippen LogP contribution in [0.2, 0.25) is 0 Å². The second-order valence-electron chi connectivity index (χ2n) is 0.760. The summed E-state index contributed by atoms with van der Waals surface area (Å²) in [6.07, 6.45) is 0. The highest BCUT2D eigenvalue weighted by Crippen LogP contribution is 2.45. The molecular weight excluding hydrogens is 184 g/mol. The van der Waals surface area contributed by atoms with Crippen molar-refractivity contribution >= 4 is 43.9 Å². The fraction of sp³-hybridized carbons (Fsp3) is 0.500. The molecule has 0 radical (unpaired) electrons. The molecule has 0 saturated carbocycles. The molecular formula is C2HBrOS2. The topological polar surface area (TPSA) is 17.1 Å². The Morgan fingerprint density at radius 1 is 1.67 bits per heavy atom. The summed E-state index contributed by atoms with van der Waals surface area (Å²) in [5, 5.41) is 0. The molecule has 1 heterocycles. The van der Waals surface area contributed by atoms with Crippen molar-refractivity contribution < 1.29 is 4.79 Å². The van der Waals surface area contributed by atoms with Crippen LogP contribution in [0.25, 0.3) is 0 Å². The minimum absolute atomic E-state index is 0.219. The molecule has 0 aromatic rings. The van der Waals surface area contributed by atoms with Crippen LogP contribution < -0.4 is 0 Å². The minimum atomic E-state index is 0.219. The molecule has 1 aliphatic heterocycles. The lowest BCUT2D eigenvalue weighted by Gasteiger charge is -2.13. The van der Waals surface area contributed by atoms with Crippen LogP contribution in [0.3, 0.4) is 0 Å². The third-order valence-corrected chi connectivity index (χ3v) is 3.41. The highest BCUT2D eigenvalue weighted by atomic mass is 79.9. The molecule has 1 aliphatic rings. The van der Waals surface area contributed by atoms with E-state index in [0.717, 1.165) is 0 Å². The van der Waals surface area contributed by atoms with Crippen LogP contribution in [0.15, 0.2) is 0 Å². The summed E-state index contributed by atoms with van der Waals surface area (Å²) in [7, 11) is 0. The van der Waals surface area contributed by atoms with Crippen molar-refractivity contribution in [3.63, 3.8) is 0 Å². The number of hydrogen-bond acceptors (Lipinski definition) is 3. The average Bonchev–Trinajstić information content (AvgIpc) is 1.33. The van der Waals surface area contributed by atoms with Gasteiger partial charge in [-0.05, 0) is 23.5 Å². The van der Waals surface area contributed by atoms with Crippen molar-refractivity contribution in [1.29, 1.82) is 0 Å². The lowest BCUT2D eigenvalue weighted by Crippen LogP contribution is -2.02. The molecule has 0 aromatic carbocycles. The van der Waals surface area contributed by atoms with E-state index in [9.17, 15) is 4.79 Å². The van der Waals surface area contributed by atoms with Crippen molar-refractivity contribution in [2.45, 2.75) is 3.49 Å². The summed E-state index contributed by atoms with van der Waals surface area (Å²) in [4.78, 5) is 10.0. The highest BCUT2D eigenvalue weighted by molar-refractivity contribution is 9.15. The van der Waals surface area contributed by atoms with Gasteiger partial charge in [0.1, 0.15) is 3.49 Å². The Morgan fingerprint density at radius 2 is 2.17 bits per heavy atom. The van der Waals surface area contributed by atoms with E-state index in [2.05, 4.69) is 15.9 Å². The van der Waals surface area contributed by atoms with Crippen LogP contribution in [0.1, 0.15) is 0 Å². The number of carbonyl (C=O) groups excluding carboxylic acids is 1. The predicted molar refractivity (Wildman–Crippen MR) is 33.3 cm³/mol. The van der Waals surface area contributed by atoms with E-state index in [1.54, 1.807) is 0 Å². The van der Waals surface area contributed by atoms with Gasteiger partial charge in [-0.1, -0.05) is 15.9 Å². The molecule has 0 unspecified atom stereocenters. The van der Waals surface area contributed by atoms with E-state index in [0.29, 0.717) is 3.49 Å². The Labute approximate surface area is 52.4 Å². The number of alkyl halides is 1. The van der Waals surface area contributed by atoms with E-state index in [1.165, 1.54) is 23.5 Å². The first kappa shape index (κ1) is 5.00. The molecule has 4 heteroatoms. The van der Waals surface area contributed by atoms with Crippen molar-refractivity contribution in [3.05, 3.63) is 0 Å². The Morgan fingerprint density at radius 3 is 2.17 bits per heavy atom. The summed E-state index contributed by atoms with van der Waals surface area (Å²) in [5.74, 6) is 0. The Kier molecular flexibility index (Phi) is 1.46. The normalized spacial score (nSPS) is 23.8. The van der Waals surface area contributed by atoms with Crippen LogP contribution in [-0.2, 0) is 0 Å². The van der Waals surface area contributed by atoms with E-state index in [1.807, 2.05) is 0 Å². The minimum Gasteiger partial charge on any atom is -0.274 e. The first-order chi connectivity index (χ1) is 2.79. The van der Waals surface area contributed by atoms with Crippen molar-refractivity contribution in [1.82, 2.24) is 0 Å². The molecule has 1 fully saturated rings. The Balaban J connectivity index is 2.28. The molecule has 6 heavy (non-hydrogen) atoms. The highest BCUT2D eigenvalue weighted by Gasteiger charge is 2.25. The maximum Gasteiger partial charge on any atom is 0.249 e. The fourth-order valence-corrected chi connectivity index (χ4v) is 3.05. The molecule has 0 atom stereocenters. The number of rotatable bonds is 0. The molecule has 0 amide bonds. The molecule has 0 spiro atoms. The van der Waals surface area contributed by atoms with Gasteiger partial charge in [-0.15, -0.1) is 0 Å². The predicted octanol–water partition coefficient (Wildman–Crippen LogP) is 2.26. The molecule has 1 saturated heterocycles. The van der Waals surface area contributed by atoms with Crippen LogP contribution in [-0.4, -0.2) is 7.94 Å². The summed E-state index contributed by atoms with van der Waals surface area (Å²) in [5.41, 5.74) is 0. The van der Waals surface area contributed by atoms with Gasteiger partial charge in [-0.2, -0.15) is 0 Å². The number of carbonyl (C=O) groups is 1. The number of thioether (sulfide) groups is 2. The van der Waals surface area contributed by atoms with E-state index in [-0.39, 0.29) is 4.45 Å². The zero-order valence-electron chi connectivity index (χ0n) is 2.68. The van der Waals surface area contributed by atoms with Crippen molar-refractivity contribution in [3.8, 4) is 0 Å². The van der Waals surface area contributed by atoms with Gasteiger partial charge in [0.15, 0.2) is 0 Å². The largest absolute Gasteiger partial charge is 0.274 e. The van der Waals surface area contributed by atoms with Gasteiger partial charge in [-0.3, -0.25) is 4.79 Å². The Hall–Kier alpha value is 0.850. The van der Waals surface area contributed by atoms with Gasteiger partial charge >= 0.3 is 0 Å². The third-order valence-electron chi connectivity index (χ3n) is 0.378. The maximum atomic E-state index is 10.0. The third kappa shape index (κ3) is 0.918. The zero-order valence-corrected chi connectivity index (χ0v) is 5.90. The average molecular weight is 185 g/mol. The van der Waals surface area contributed by atoms with Crippen LogP contribution in [0.5, 0.6) is 0 Å². The number of hydrogen-bond donors (Lipinski definition) is 0. The van der Waals surface area contributed by atoms with E-state index in [4.69, 9.17) is 0 Å². The van der Waals surface area contributed by atoms with Crippen LogP contribution in [0, 0.1) is 0 Å². The number of halogens is 1. The van der Waals surface area contributed by atoms with Crippen molar-refractivity contribution in [2.75, 3.05) is 0 Å². The van der Waals surface area contributed by atoms with Crippen LogP contribution in [0.4, 0.5) is 4.79 Å². The molecule has 1 nitrogen and oxygen atoms in total. The standard InChI is InChI=1S/C2HBrOS2/c3-1-5-2(4)6-1/h1H. The quantitative estimate of drug-likeness (QED) is 0.539. The monoisotopic (exact) mass is 184 g/mol. The smallest absolute Gasteiger partial charge is 0.249 e. The molecule has 0 N–H and O–H groups in total. The summed E-state index contributed by atoms with van der Waals surface area (Å²) >= 11 is 5.85. The molecule has 0 aliphatic carbocycles. The van der Waals surface area contributed by atoms with Gasteiger partial charge in [0.05, 0.1) is 0 Å². The van der Waals surface area contributed by atoms with Gasteiger partial charge in [0.25, 0.3) is 0 Å². The van der Waals surface area contributed by atoms with Gasteiger partial charge in [0, 0.05) is 0 Å². The second kappa shape index (κ2) is 1.76. The Bertz CT molecular complexity index is 75.6. The SMILES string of the molecule is O=C1SC(Br)S1. The fourth-order valence-electron chi connectivity index (χ4n) is 0.160. The molecule has 34 valence electrons. The van der Waals surface area contributed by atoms with E-state index >= 15 is 0 Å². The van der Waals surface area contributed by atoms with Gasteiger partial charge < -0.3 is 0 Å². The lowest BCUT2D eigenvalue weighted by molar-refractivity contribution is 0.276. The second-order valence-corrected chi connectivity index (χ2v) is 5.60. The first-order valence-electron chi connectivity index (χ1n) is 1.30. The van der Waals surface area contributed by atoms with Crippen LogP contribution >= 0.6 is 39.5 Å². The first-order valence-corrected chi connectivity index (χ1v) is 3.98. The van der Waals surface area contributed by atoms with E-state index < -0.39 is 0 Å². The summed E-state index contributed by atoms with van der Waals surface area (Å²) in [6, 6.07) is 0. The lowest BCUT2D eigenvalue weighted by atomic mass is 11.7.